The maximum absolute atomic E-state index is 3.32. The summed E-state index contributed by atoms with van der Waals surface area (Å²) >= 11 is 0. The Kier molecular flexibility index (Phi) is 1.02. The quantitative estimate of drug-likeness (QED) is 0.505. The zero-order valence-corrected chi connectivity index (χ0v) is 4.93. The fourth-order valence-corrected chi connectivity index (χ4v) is 1.12. The van der Waals surface area contributed by atoms with Gasteiger partial charge in [-0.15, -0.1) is 0 Å². The number of nitrogens with one attached hydrogen (secondary N) is 1. The van der Waals surface area contributed by atoms with E-state index < -0.39 is 0 Å². The molecule has 2 heterocycles. The number of hydrogen-bond acceptors (Lipinski definition) is 2. The molecule has 2 aliphatic rings. The summed E-state index contributed by atoms with van der Waals surface area (Å²) in [5.74, 6) is 0. The molecule has 45 valence electrons. The van der Waals surface area contributed by atoms with Crippen LogP contribution in [0.4, 0.5) is 0 Å². The molecule has 2 heteroatoms. The van der Waals surface area contributed by atoms with Gasteiger partial charge in [-0.2, -0.15) is 0 Å². The highest BCUT2D eigenvalue weighted by Crippen LogP contribution is 2.14. The molecule has 0 aromatic rings. The summed E-state index contributed by atoms with van der Waals surface area (Å²) in [6.45, 7) is 3.71. The van der Waals surface area contributed by atoms with Gasteiger partial charge in [-0.25, -0.2) is 0 Å². The molecule has 0 aromatic heterocycles. The van der Waals surface area contributed by atoms with Gasteiger partial charge in [-0.05, 0) is 6.42 Å². The summed E-state index contributed by atoms with van der Waals surface area (Å²) < 4.78 is 0. The average Bonchev–Trinajstić information content (AvgIpc) is 1.47. The van der Waals surface area contributed by atoms with E-state index in [1.165, 1.54) is 19.5 Å². The van der Waals surface area contributed by atoms with E-state index in [0.29, 0.717) is 6.17 Å². The zero-order chi connectivity index (χ0) is 5.40. The fourth-order valence-electron chi connectivity index (χ4n) is 1.12. The second-order valence-electron chi connectivity index (χ2n) is 2.48. The second kappa shape index (κ2) is 1.71. The smallest absolute Gasteiger partial charge is 0.0642 e. The third kappa shape index (κ3) is 0.565. The summed E-state index contributed by atoms with van der Waals surface area (Å²) in [7, 11) is 0. The van der Waals surface area contributed by atoms with Gasteiger partial charge < -0.3 is 5.32 Å². The van der Waals surface area contributed by atoms with Gasteiger partial charge in [0.2, 0.25) is 0 Å². The largest absolute Gasteiger partial charge is 0.301 e. The van der Waals surface area contributed by atoms with E-state index >= 15 is 0 Å². The van der Waals surface area contributed by atoms with Crippen molar-refractivity contribution in [2.24, 2.45) is 0 Å². The SMILES string of the molecule is [CH]1CNC1N1CCC1. The predicted octanol–water partition coefficient (Wildman–Crippen LogP) is -0.174. The second-order valence-corrected chi connectivity index (χ2v) is 2.48. The minimum absolute atomic E-state index is 0.642. The summed E-state index contributed by atoms with van der Waals surface area (Å²) in [6, 6.07) is 0. The Hall–Kier alpha value is -0.0800. The van der Waals surface area contributed by atoms with Crippen molar-refractivity contribution in [3.8, 4) is 0 Å². The van der Waals surface area contributed by atoms with Crippen LogP contribution in [-0.4, -0.2) is 30.7 Å². The minimum atomic E-state index is 0.642. The van der Waals surface area contributed by atoms with Gasteiger partial charge in [-0.1, -0.05) is 0 Å². The van der Waals surface area contributed by atoms with Crippen molar-refractivity contribution in [2.75, 3.05) is 19.6 Å². The monoisotopic (exact) mass is 111 g/mol. The van der Waals surface area contributed by atoms with Crippen LogP contribution in [0.1, 0.15) is 6.42 Å². The first kappa shape index (κ1) is 4.77. The van der Waals surface area contributed by atoms with Crippen LogP contribution in [-0.2, 0) is 0 Å². The van der Waals surface area contributed by atoms with Crippen LogP contribution < -0.4 is 5.32 Å². The Morgan fingerprint density at radius 1 is 1.50 bits per heavy atom. The molecule has 0 spiro atoms. The molecule has 1 atom stereocenters. The van der Waals surface area contributed by atoms with E-state index in [9.17, 15) is 0 Å². The Balaban J connectivity index is 1.79. The van der Waals surface area contributed by atoms with Crippen molar-refractivity contribution in [1.29, 1.82) is 0 Å². The highest BCUT2D eigenvalue weighted by Gasteiger charge is 2.27. The van der Waals surface area contributed by atoms with Gasteiger partial charge in [0.15, 0.2) is 0 Å². The summed E-state index contributed by atoms with van der Waals surface area (Å²) in [6.07, 6.45) is 4.36. The van der Waals surface area contributed by atoms with Crippen LogP contribution >= 0.6 is 0 Å². The van der Waals surface area contributed by atoms with E-state index in [-0.39, 0.29) is 0 Å². The lowest BCUT2D eigenvalue weighted by atomic mass is 10.1. The lowest BCUT2D eigenvalue weighted by Gasteiger charge is -2.43. The first-order chi connectivity index (χ1) is 3.97. The van der Waals surface area contributed by atoms with Crippen molar-refractivity contribution in [3.63, 3.8) is 0 Å². The highest BCUT2D eigenvalue weighted by atomic mass is 15.3. The molecule has 0 aromatic carbocycles. The molecule has 1 N–H and O–H groups in total. The van der Waals surface area contributed by atoms with Gasteiger partial charge in [0, 0.05) is 26.1 Å². The molecule has 2 aliphatic heterocycles. The molecule has 1 unspecified atom stereocenters. The first-order valence-corrected chi connectivity index (χ1v) is 3.27. The minimum Gasteiger partial charge on any atom is -0.301 e. The standard InChI is InChI=1S/C6H11N2/c1-4-8(5-1)6-2-3-7-6/h2,6-7H,1,3-5H2. The van der Waals surface area contributed by atoms with Crippen molar-refractivity contribution < 1.29 is 0 Å². The number of hydrogen-bond donors (Lipinski definition) is 1. The maximum Gasteiger partial charge on any atom is 0.0642 e. The molecular weight excluding hydrogens is 100 g/mol. The van der Waals surface area contributed by atoms with E-state index in [1.54, 1.807) is 0 Å². The molecule has 2 rings (SSSR count). The molecule has 2 nitrogen and oxygen atoms in total. The third-order valence-corrected chi connectivity index (χ3v) is 1.95. The van der Waals surface area contributed by atoms with Gasteiger partial charge >= 0.3 is 0 Å². The summed E-state index contributed by atoms with van der Waals surface area (Å²) in [5.41, 5.74) is 0. The Labute approximate surface area is 49.9 Å². The number of rotatable bonds is 1. The van der Waals surface area contributed by atoms with Crippen LogP contribution in [0.5, 0.6) is 0 Å². The van der Waals surface area contributed by atoms with Crippen LogP contribution in [0.25, 0.3) is 0 Å². The molecule has 0 saturated carbocycles. The average molecular weight is 111 g/mol. The van der Waals surface area contributed by atoms with E-state index in [2.05, 4.69) is 16.6 Å². The first-order valence-electron chi connectivity index (χ1n) is 3.27. The summed E-state index contributed by atoms with van der Waals surface area (Å²) in [4.78, 5) is 2.45. The van der Waals surface area contributed by atoms with Crippen molar-refractivity contribution in [1.82, 2.24) is 10.2 Å². The molecular formula is C6H11N2. The highest BCUT2D eigenvalue weighted by molar-refractivity contribution is 4.97. The van der Waals surface area contributed by atoms with Crippen molar-refractivity contribution in [2.45, 2.75) is 12.6 Å². The lowest BCUT2D eigenvalue weighted by molar-refractivity contribution is 0.0887. The van der Waals surface area contributed by atoms with Crippen molar-refractivity contribution in [3.05, 3.63) is 6.42 Å². The van der Waals surface area contributed by atoms with Crippen molar-refractivity contribution >= 4 is 0 Å². The van der Waals surface area contributed by atoms with Gasteiger partial charge in [0.1, 0.15) is 0 Å². The normalized spacial score (nSPS) is 38.2. The van der Waals surface area contributed by atoms with Crippen LogP contribution in [0.3, 0.4) is 0 Å². The summed E-state index contributed by atoms with van der Waals surface area (Å²) in [5, 5.41) is 3.32. The van der Waals surface area contributed by atoms with Gasteiger partial charge in [0.05, 0.1) is 6.17 Å². The molecule has 1 radical (unpaired) electrons. The Bertz CT molecular complexity index is 72.5. The van der Waals surface area contributed by atoms with Crippen LogP contribution in [0, 0.1) is 6.42 Å². The molecule has 2 saturated heterocycles. The van der Waals surface area contributed by atoms with Gasteiger partial charge in [-0.3, -0.25) is 4.90 Å². The predicted molar refractivity (Wildman–Crippen MR) is 32.3 cm³/mol. The van der Waals surface area contributed by atoms with Gasteiger partial charge in [0.25, 0.3) is 0 Å². The number of likely N-dealkylation sites (tertiary alicyclic amines) is 1. The van der Waals surface area contributed by atoms with E-state index in [4.69, 9.17) is 0 Å². The lowest BCUT2D eigenvalue weighted by Crippen LogP contribution is -2.59. The fraction of sp³-hybridized carbons (Fsp3) is 0.833. The number of nitrogens with zero attached hydrogens (tertiary/aromatic N) is 1. The molecule has 0 aliphatic carbocycles. The molecule has 0 bridgehead atoms. The topological polar surface area (TPSA) is 15.3 Å². The molecule has 8 heavy (non-hydrogen) atoms. The molecule has 2 fully saturated rings. The van der Waals surface area contributed by atoms with Crippen LogP contribution in [0.2, 0.25) is 0 Å². The molecule has 0 amide bonds. The van der Waals surface area contributed by atoms with E-state index in [1.807, 2.05) is 0 Å². The maximum atomic E-state index is 3.32. The Morgan fingerprint density at radius 3 is 2.38 bits per heavy atom. The zero-order valence-electron chi connectivity index (χ0n) is 4.93. The van der Waals surface area contributed by atoms with Crippen LogP contribution in [0.15, 0.2) is 0 Å². The third-order valence-electron chi connectivity index (χ3n) is 1.95. The Morgan fingerprint density at radius 2 is 2.25 bits per heavy atom. The van der Waals surface area contributed by atoms with E-state index in [0.717, 1.165) is 6.54 Å².